The Morgan fingerprint density at radius 1 is 1.12 bits per heavy atom. The molecule has 24 heavy (non-hydrogen) atoms. The SMILES string of the molecule is Cc1ccc(S(=O)(=O)NC(CSCc2ccccc2)C(=O)O)cc1. The molecular formula is C17H19NO4S2. The lowest BCUT2D eigenvalue weighted by Gasteiger charge is -2.14. The van der Waals surface area contributed by atoms with Gasteiger partial charge in [0.25, 0.3) is 0 Å². The largest absolute Gasteiger partial charge is 0.480 e. The summed E-state index contributed by atoms with van der Waals surface area (Å²) in [6, 6.07) is 14.7. The Bertz CT molecular complexity index is 774. The average Bonchev–Trinajstić information content (AvgIpc) is 2.55. The molecular weight excluding hydrogens is 346 g/mol. The molecule has 0 bridgehead atoms. The Hall–Kier alpha value is -1.83. The van der Waals surface area contributed by atoms with Crippen molar-refractivity contribution < 1.29 is 18.3 Å². The van der Waals surface area contributed by atoms with Gasteiger partial charge in [-0.3, -0.25) is 4.79 Å². The van der Waals surface area contributed by atoms with Crippen molar-refractivity contribution in [2.24, 2.45) is 0 Å². The molecule has 5 nitrogen and oxygen atoms in total. The van der Waals surface area contributed by atoms with Crippen LogP contribution >= 0.6 is 11.8 Å². The number of sulfonamides is 1. The second-order valence-electron chi connectivity index (χ2n) is 5.33. The second-order valence-corrected chi connectivity index (χ2v) is 8.07. The number of nitrogens with one attached hydrogen (secondary N) is 1. The fourth-order valence-corrected chi connectivity index (χ4v) is 4.30. The van der Waals surface area contributed by atoms with Gasteiger partial charge in [0.2, 0.25) is 10.0 Å². The van der Waals surface area contributed by atoms with Crippen LogP contribution in [0, 0.1) is 6.92 Å². The molecule has 0 aromatic heterocycles. The molecule has 2 aromatic rings. The normalized spacial score (nSPS) is 12.7. The van der Waals surface area contributed by atoms with E-state index in [9.17, 15) is 18.3 Å². The maximum atomic E-state index is 12.3. The van der Waals surface area contributed by atoms with E-state index in [0.717, 1.165) is 11.1 Å². The number of rotatable bonds is 8. The van der Waals surface area contributed by atoms with E-state index >= 15 is 0 Å². The summed E-state index contributed by atoms with van der Waals surface area (Å²) in [6.07, 6.45) is 0. The predicted molar refractivity (Wildman–Crippen MR) is 95.5 cm³/mol. The zero-order valence-electron chi connectivity index (χ0n) is 13.2. The van der Waals surface area contributed by atoms with E-state index in [1.54, 1.807) is 12.1 Å². The summed E-state index contributed by atoms with van der Waals surface area (Å²) < 4.78 is 26.9. The number of carbonyl (C=O) groups is 1. The van der Waals surface area contributed by atoms with E-state index < -0.39 is 22.0 Å². The molecule has 0 fully saturated rings. The predicted octanol–water partition coefficient (Wildman–Crippen LogP) is 2.66. The molecule has 2 N–H and O–H groups in total. The van der Waals surface area contributed by atoms with Crippen molar-refractivity contribution in [2.45, 2.75) is 23.6 Å². The van der Waals surface area contributed by atoms with Crippen molar-refractivity contribution in [1.82, 2.24) is 4.72 Å². The van der Waals surface area contributed by atoms with E-state index in [1.807, 2.05) is 37.3 Å². The zero-order chi connectivity index (χ0) is 17.6. The Balaban J connectivity index is 2.00. The van der Waals surface area contributed by atoms with E-state index in [1.165, 1.54) is 23.9 Å². The lowest BCUT2D eigenvalue weighted by Crippen LogP contribution is -2.42. The van der Waals surface area contributed by atoms with Crippen molar-refractivity contribution in [2.75, 3.05) is 5.75 Å². The van der Waals surface area contributed by atoms with E-state index in [2.05, 4.69) is 4.72 Å². The molecule has 2 rings (SSSR count). The Morgan fingerprint density at radius 3 is 2.33 bits per heavy atom. The van der Waals surface area contributed by atoms with Gasteiger partial charge in [-0.15, -0.1) is 0 Å². The van der Waals surface area contributed by atoms with Crippen LogP contribution in [0.5, 0.6) is 0 Å². The Kier molecular flexibility index (Phi) is 6.42. The average molecular weight is 365 g/mol. The molecule has 128 valence electrons. The lowest BCUT2D eigenvalue weighted by molar-refractivity contribution is -0.138. The second kappa shape index (κ2) is 8.32. The molecule has 0 spiro atoms. The van der Waals surface area contributed by atoms with Crippen LogP contribution in [-0.2, 0) is 20.6 Å². The van der Waals surface area contributed by atoms with E-state index in [-0.39, 0.29) is 10.6 Å². The molecule has 0 aliphatic heterocycles. The van der Waals surface area contributed by atoms with Gasteiger partial charge in [-0.1, -0.05) is 48.0 Å². The van der Waals surface area contributed by atoms with Crippen molar-refractivity contribution >= 4 is 27.8 Å². The van der Waals surface area contributed by atoms with Crippen LogP contribution in [0.3, 0.4) is 0 Å². The molecule has 1 atom stereocenters. The van der Waals surface area contributed by atoms with Crippen LogP contribution in [0.4, 0.5) is 0 Å². The summed E-state index contributed by atoms with van der Waals surface area (Å²) >= 11 is 1.37. The minimum atomic E-state index is -3.86. The monoisotopic (exact) mass is 365 g/mol. The first-order valence-corrected chi connectivity index (χ1v) is 9.96. The first kappa shape index (κ1) is 18.5. The minimum Gasteiger partial charge on any atom is -0.480 e. The topological polar surface area (TPSA) is 83.5 Å². The van der Waals surface area contributed by atoms with Crippen molar-refractivity contribution in [1.29, 1.82) is 0 Å². The number of aryl methyl sites for hydroxylation is 1. The number of benzene rings is 2. The third-order valence-corrected chi connectivity index (χ3v) is 5.92. The number of thioether (sulfide) groups is 1. The number of hydrogen-bond acceptors (Lipinski definition) is 4. The van der Waals surface area contributed by atoms with Gasteiger partial charge in [-0.2, -0.15) is 16.5 Å². The van der Waals surface area contributed by atoms with Crippen molar-refractivity contribution in [3.63, 3.8) is 0 Å². The molecule has 2 aromatic carbocycles. The highest BCUT2D eigenvalue weighted by atomic mass is 32.2. The first-order chi connectivity index (χ1) is 11.4. The third kappa shape index (κ3) is 5.36. The first-order valence-electron chi connectivity index (χ1n) is 7.32. The smallest absolute Gasteiger partial charge is 0.322 e. The van der Waals surface area contributed by atoms with Gasteiger partial charge >= 0.3 is 5.97 Å². The molecule has 0 aliphatic carbocycles. The zero-order valence-corrected chi connectivity index (χ0v) is 14.8. The maximum Gasteiger partial charge on any atom is 0.322 e. The highest BCUT2D eigenvalue weighted by Crippen LogP contribution is 2.15. The molecule has 0 heterocycles. The van der Waals surface area contributed by atoms with Crippen LogP contribution in [0.25, 0.3) is 0 Å². The molecule has 7 heteroatoms. The van der Waals surface area contributed by atoms with Gasteiger partial charge in [-0.05, 0) is 24.6 Å². The maximum absolute atomic E-state index is 12.3. The molecule has 0 saturated heterocycles. The summed E-state index contributed by atoms with van der Waals surface area (Å²) in [4.78, 5) is 11.4. The van der Waals surface area contributed by atoms with Gasteiger partial charge in [-0.25, -0.2) is 8.42 Å². The summed E-state index contributed by atoms with van der Waals surface area (Å²) in [5.41, 5.74) is 2.00. The van der Waals surface area contributed by atoms with Gasteiger partial charge in [0.1, 0.15) is 6.04 Å². The summed E-state index contributed by atoms with van der Waals surface area (Å²) in [6.45, 7) is 1.85. The fourth-order valence-electron chi connectivity index (χ4n) is 2.00. The third-order valence-electron chi connectivity index (χ3n) is 3.32. The summed E-state index contributed by atoms with van der Waals surface area (Å²) in [7, 11) is -3.86. The highest BCUT2D eigenvalue weighted by Gasteiger charge is 2.25. The minimum absolute atomic E-state index is 0.0624. The Morgan fingerprint density at radius 2 is 1.75 bits per heavy atom. The number of aliphatic carboxylic acids is 1. The quantitative estimate of drug-likeness (QED) is 0.751. The van der Waals surface area contributed by atoms with E-state index in [0.29, 0.717) is 5.75 Å². The molecule has 1 unspecified atom stereocenters. The van der Waals surface area contributed by atoms with Crippen LogP contribution in [0.15, 0.2) is 59.5 Å². The van der Waals surface area contributed by atoms with Crippen molar-refractivity contribution in [3.05, 3.63) is 65.7 Å². The van der Waals surface area contributed by atoms with Crippen LogP contribution in [-0.4, -0.2) is 31.3 Å². The van der Waals surface area contributed by atoms with Crippen LogP contribution < -0.4 is 4.72 Å². The molecule has 0 radical (unpaired) electrons. The molecule has 0 amide bonds. The van der Waals surface area contributed by atoms with Gasteiger partial charge in [0, 0.05) is 11.5 Å². The number of carboxylic acid groups (broad SMARTS) is 1. The van der Waals surface area contributed by atoms with Crippen LogP contribution in [0.1, 0.15) is 11.1 Å². The lowest BCUT2D eigenvalue weighted by atomic mass is 10.2. The van der Waals surface area contributed by atoms with Crippen LogP contribution in [0.2, 0.25) is 0 Å². The van der Waals surface area contributed by atoms with Gasteiger partial charge in [0.15, 0.2) is 0 Å². The fraction of sp³-hybridized carbons (Fsp3) is 0.235. The Labute approximate surface area is 146 Å². The van der Waals surface area contributed by atoms with Gasteiger partial charge in [0.05, 0.1) is 4.90 Å². The number of hydrogen-bond donors (Lipinski definition) is 2. The van der Waals surface area contributed by atoms with Crippen molar-refractivity contribution in [3.8, 4) is 0 Å². The standard InChI is InChI=1S/C17H19NO4S2/c1-13-7-9-15(10-8-13)24(21,22)18-16(17(19)20)12-23-11-14-5-3-2-4-6-14/h2-10,16,18H,11-12H2,1H3,(H,19,20). The summed E-state index contributed by atoms with van der Waals surface area (Å²) in [5.74, 6) is -0.419. The molecule has 0 saturated carbocycles. The molecule has 0 aliphatic rings. The highest BCUT2D eigenvalue weighted by molar-refractivity contribution is 7.98. The summed E-state index contributed by atoms with van der Waals surface area (Å²) in [5, 5.41) is 9.28. The number of carboxylic acids is 1. The van der Waals surface area contributed by atoms with Gasteiger partial charge < -0.3 is 5.11 Å². The van der Waals surface area contributed by atoms with E-state index in [4.69, 9.17) is 0 Å².